The Morgan fingerprint density at radius 2 is 1.91 bits per heavy atom. The first-order valence-electron chi connectivity index (χ1n) is 6.88. The van der Waals surface area contributed by atoms with Gasteiger partial charge in [0.15, 0.2) is 0 Å². The molecule has 22 heavy (non-hydrogen) atoms. The zero-order chi connectivity index (χ0) is 16.9. The Morgan fingerprint density at radius 1 is 1.32 bits per heavy atom. The summed E-state index contributed by atoms with van der Waals surface area (Å²) in [6.45, 7) is 3.33. The van der Waals surface area contributed by atoms with Crippen LogP contribution in [0.25, 0.3) is 0 Å². The van der Waals surface area contributed by atoms with Crippen LogP contribution in [0.4, 0.5) is 8.78 Å². The van der Waals surface area contributed by atoms with Crippen LogP contribution in [0.1, 0.15) is 32.6 Å². The molecule has 1 saturated heterocycles. The Morgan fingerprint density at radius 3 is 2.41 bits per heavy atom. The van der Waals surface area contributed by atoms with Gasteiger partial charge in [-0.25, -0.2) is 4.79 Å². The van der Waals surface area contributed by atoms with Gasteiger partial charge in [0.2, 0.25) is 0 Å². The second kappa shape index (κ2) is 7.62. The molecule has 0 radical (unpaired) electrons. The van der Waals surface area contributed by atoms with E-state index in [-0.39, 0.29) is 18.6 Å². The van der Waals surface area contributed by atoms with Gasteiger partial charge in [-0.1, -0.05) is 6.92 Å². The van der Waals surface area contributed by atoms with E-state index in [4.69, 9.17) is 14.0 Å². The Balaban J connectivity index is 2.05. The molecule has 0 amide bonds. The first kappa shape index (κ1) is 19.2. The second-order valence-electron chi connectivity index (χ2n) is 5.07. The molecule has 0 saturated carbocycles. The number of alkyl halides is 2. The topological polar surface area (TPSA) is 102 Å². The zero-order valence-corrected chi connectivity index (χ0v) is 13.0. The quantitative estimate of drug-likeness (QED) is 0.261. The van der Waals surface area contributed by atoms with Crippen molar-refractivity contribution in [1.29, 1.82) is 0 Å². The third kappa shape index (κ3) is 5.41. The first-order chi connectivity index (χ1) is 10.1. The van der Waals surface area contributed by atoms with Crippen LogP contribution in [0, 0.1) is 0 Å². The molecule has 7 nitrogen and oxygen atoms in total. The van der Waals surface area contributed by atoms with Crippen molar-refractivity contribution in [2.24, 2.45) is 0 Å². The number of hydrogen-bond donors (Lipinski definition) is 1. The highest BCUT2D eigenvalue weighted by molar-refractivity contribution is 7.87. The summed E-state index contributed by atoms with van der Waals surface area (Å²) in [4.78, 5) is 10.8. The fourth-order valence-electron chi connectivity index (χ4n) is 1.59. The number of rotatable bonds is 11. The van der Waals surface area contributed by atoms with Crippen LogP contribution in [0.15, 0.2) is 0 Å². The van der Waals surface area contributed by atoms with Gasteiger partial charge in [-0.05, 0) is 25.7 Å². The van der Waals surface area contributed by atoms with Crippen molar-refractivity contribution >= 4 is 16.1 Å². The molecule has 0 aromatic carbocycles. The number of hydrogen-bond acceptors (Lipinski definition) is 6. The molecule has 1 aliphatic rings. The van der Waals surface area contributed by atoms with Crippen molar-refractivity contribution in [1.82, 2.24) is 0 Å². The van der Waals surface area contributed by atoms with Crippen molar-refractivity contribution in [3.63, 3.8) is 0 Å². The highest BCUT2D eigenvalue weighted by Gasteiger charge is 2.54. The second-order valence-corrected chi connectivity index (χ2v) is 6.53. The molecular formula is C12H20F2O7S. The van der Waals surface area contributed by atoms with E-state index >= 15 is 0 Å². The van der Waals surface area contributed by atoms with E-state index in [2.05, 4.69) is 4.74 Å². The Labute approximate surface area is 127 Å². The highest BCUT2D eigenvalue weighted by atomic mass is 32.2. The van der Waals surface area contributed by atoms with E-state index in [0.717, 1.165) is 6.42 Å². The van der Waals surface area contributed by atoms with E-state index in [9.17, 15) is 22.0 Å². The van der Waals surface area contributed by atoms with E-state index in [1.807, 2.05) is 6.92 Å². The summed E-state index contributed by atoms with van der Waals surface area (Å²) in [5.74, 6) is -2.28. The number of ether oxygens (including phenoxy) is 3. The molecule has 130 valence electrons. The number of epoxide rings is 1. The van der Waals surface area contributed by atoms with E-state index in [1.165, 1.54) is 0 Å². The van der Waals surface area contributed by atoms with Gasteiger partial charge in [0.05, 0.1) is 19.8 Å². The average Bonchev–Trinajstić information content (AvgIpc) is 3.20. The molecule has 1 fully saturated rings. The smallest absolute Gasteiger partial charge is 0.460 e. The van der Waals surface area contributed by atoms with Gasteiger partial charge < -0.3 is 14.2 Å². The number of esters is 1. The average molecular weight is 346 g/mol. The summed E-state index contributed by atoms with van der Waals surface area (Å²) in [5.41, 5.74) is -0.142. The number of halogens is 2. The van der Waals surface area contributed by atoms with Crippen molar-refractivity contribution in [3.8, 4) is 0 Å². The minimum atomic E-state index is -5.81. The molecular weight excluding hydrogens is 326 g/mol. The minimum absolute atomic E-state index is 0.142. The third-order valence-corrected chi connectivity index (χ3v) is 4.10. The lowest BCUT2D eigenvalue weighted by atomic mass is 10.1. The molecule has 1 aliphatic heterocycles. The van der Waals surface area contributed by atoms with Gasteiger partial charge in [0, 0.05) is 6.61 Å². The van der Waals surface area contributed by atoms with Crippen molar-refractivity contribution in [2.45, 2.75) is 43.5 Å². The van der Waals surface area contributed by atoms with E-state index < -0.39 is 21.3 Å². The van der Waals surface area contributed by atoms with Crippen LogP contribution in [0.3, 0.4) is 0 Å². The van der Waals surface area contributed by atoms with Crippen LogP contribution in [-0.4, -0.2) is 56.2 Å². The molecule has 0 spiro atoms. The predicted octanol–water partition coefficient (Wildman–Crippen LogP) is 1.38. The predicted molar refractivity (Wildman–Crippen MR) is 71.1 cm³/mol. The molecule has 0 bridgehead atoms. The third-order valence-electron chi connectivity index (χ3n) is 3.29. The Hall–Kier alpha value is -0.840. The van der Waals surface area contributed by atoms with Crippen LogP contribution in [0.5, 0.6) is 0 Å². The van der Waals surface area contributed by atoms with Gasteiger partial charge in [-0.15, -0.1) is 0 Å². The van der Waals surface area contributed by atoms with Gasteiger partial charge in [0.25, 0.3) is 0 Å². The van der Waals surface area contributed by atoms with Gasteiger partial charge in [-0.3, -0.25) is 4.55 Å². The molecule has 1 N–H and O–H groups in total. The summed E-state index contributed by atoms with van der Waals surface area (Å²) < 4.78 is 69.2. The summed E-state index contributed by atoms with van der Waals surface area (Å²) in [5, 5.41) is -4.94. The summed E-state index contributed by atoms with van der Waals surface area (Å²) >= 11 is 0. The number of carbonyl (C=O) groups is 1. The lowest BCUT2D eigenvalue weighted by Gasteiger charge is -2.12. The molecule has 0 aromatic rings. The van der Waals surface area contributed by atoms with Crippen LogP contribution in [0.2, 0.25) is 0 Å². The largest absolute Gasteiger partial charge is 0.465 e. The number of carbonyl (C=O) groups excluding carboxylic acids is 1. The molecule has 1 atom stereocenters. The number of unbranched alkanes of at least 4 members (excludes halogenated alkanes) is 2. The van der Waals surface area contributed by atoms with Gasteiger partial charge in [0.1, 0.15) is 5.60 Å². The summed E-state index contributed by atoms with van der Waals surface area (Å²) in [6.07, 6.45) is 2.37. The first-order valence-corrected chi connectivity index (χ1v) is 8.32. The monoisotopic (exact) mass is 346 g/mol. The van der Waals surface area contributed by atoms with Crippen LogP contribution >= 0.6 is 0 Å². The summed E-state index contributed by atoms with van der Waals surface area (Å²) in [7, 11) is -5.81. The van der Waals surface area contributed by atoms with Gasteiger partial charge in [-0.2, -0.15) is 17.2 Å². The van der Waals surface area contributed by atoms with Crippen LogP contribution in [-0.2, 0) is 29.1 Å². The normalized spacial score (nSPS) is 21.6. The molecule has 0 aliphatic carbocycles. The van der Waals surface area contributed by atoms with Crippen molar-refractivity contribution in [2.75, 3.05) is 26.4 Å². The van der Waals surface area contributed by atoms with E-state index in [0.29, 0.717) is 32.7 Å². The van der Waals surface area contributed by atoms with Crippen molar-refractivity contribution in [3.05, 3.63) is 0 Å². The highest BCUT2D eigenvalue weighted by Crippen LogP contribution is 2.30. The molecule has 1 heterocycles. The lowest BCUT2D eigenvalue weighted by molar-refractivity contribution is -0.161. The Kier molecular flexibility index (Phi) is 6.65. The van der Waals surface area contributed by atoms with Crippen molar-refractivity contribution < 1.29 is 40.8 Å². The lowest BCUT2D eigenvalue weighted by Crippen LogP contribution is -2.39. The Bertz CT molecular complexity index is 474. The zero-order valence-electron chi connectivity index (χ0n) is 12.2. The maximum absolute atomic E-state index is 12.8. The van der Waals surface area contributed by atoms with Crippen LogP contribution < -0.4 is 0 Å². The fraction of sp³-hybridized carbons (Fsp3) is 0.917. The molecule has 0 aromatic heterocycles. The maximum atomic E-state index is 12.8. The van der Waals surface area contributed by atoms with Gasteiger partial charge >= 0.3 is 21.3 Å². The molecule has 1 unspecified atom stereocenters. The minimum Gasteiger partial charge on any atom is -0.460 e. The maximum Gasteiger partial charge on any atom is 0.465 e. The SMILES string of the molecule is CCC1(COCCCCCOC(=O)C(F)(F)S(=O)(=O)O)CO1. The summed E-state index contributed by atoms with van der Waals surface area (Å²) in [6, 6.07) is 0. The standard InChI is InChI=1S/C12H20F2O7S/c1-2-11(9-21-11)8-19-6-4-3-5-7-20-10(15)12(13,14)22(16,17)18/h2-9H2,1H3,(H,16,17,18). The van der Waals surface area contributed by atoms with E-state index in [1.54, 1.807) is 0 Å². The molecule has 10 heteroatoms. The fourth-order valence-corrected chi connectivity index (χ4v) is 1.86. The molecule has 1 rings (SSSR count).